The first kappa shape index (κ1) is 98.1. The zero-order valence-electron chi connectivity index (χ0n) is 56.5. The van der Waals surface area contributed by atoms with Crippen molar-refractivity contribution in [2.75, 3.05) is 5.33 Å². The van der Waals surface area contributed by atoms with Crippen molar-refractivity contribution < 1.29 is 34.0 Å². The van der Waals surface area contributed by atoms with Crippen LogP contribution in [-0.2, 0) is 12.8 Å². The van der Waals surface area contributed by atoms with Crippen LogP contribution in [0.15, 0.2) is 49.6 Å². The molecule has 0 fully saturated rings. The largest absolute Gasteiger partial charge is 2.00 e. The summed E-state index contributed by atoms with van der Waals surface area (Å²) in [6.07, 6.45) is 58.6. The first-order valence-electron chi connectivity index (χ1n) is 33.9. The van der Waals surface area contributed by atoms with Gasteiger partial charge in [0.1, 0.15) is 0 Å². The Balaban J connectivity index is -0.000000166. The van der Waals surface area contributed by atoms with Gasteiger partial charge in [0.25, 0.3) is 0 Å². The van der Waals surface area contributed by atoms with Gasteiger partial charge in [0, 0.05) is 20.1 Å². The molecule has 0 aliphatic heterocycles. The number of hydrogen-bond acceptors (Lipinski definition) is 3. The number of hydrogen-bond donors (Lipinski definition) is 0. The number of aryl methyl sites for hydroxylation is 1. The summed E-state index contributed by atoms with van der Waals surface area (Å²) in [5.74, 6) is 4.15. The fourth-order valence-corrected chi connectivity index (χ4v) is 13.0. The molecule has 5 atom stereocenters. The first-order valence-corrected chi connectivity index (χ1v) is 38.6. The molecular formula is C73H136Br4Mg2S3. The SMILES string of the molecule is Brc1ccsc1.CCCCCCCCC(CC)CBr.CCCCCCCCC(CC)Cc1ccsc1.CCCCCCCCC(CC)Cc1csc(C)c1.[Br-].[Br-].[CH2-]C(CC)CCCCCCCC.[CH2-]C(CC)CCCCCCCC.[Mg+2].[Mg+2]. The van der Waals surface area contributed by atoms with E-state index in [-0.39, 0.29) is 80.1 Å². The molecule has 0 bridgehead atoms. The topological polar surface area (TPSA) is 0 Å². The van der Waals surface area contributed by atoms with E-state index in [0.717, 1.165) is 17.8 Å². The summed E-state index contributed by atoms with van der Waals surface area (Å²) in [6.45, 7) is 33.2. The molecule has 3 rings (SSSR count). The molecular weight excluding hydrogens is 1340 g/mol. The number of halogens is 4. The van der Waals surface area contributed by atoms with Crippen LogP contribution in [-0.4, -0.2) is 51.4 Å². The molecule has 9 heteroatoms. The molecule has 3 aromatic heterocycles. The molecule has 0 radical (unpaired) electrons. The second kappa shape index (κ2) is 81.6. The number of unbranched alkanes of at least 4 members (excludes halogenated alkanes) is 25. The van der Waals surface area contributed by atoms with E-state index in [1.807, 2.05) is 39.5 Å². The molecule has 0 aliphatic rings. The summed E-state index contributed by atoms with van der Waals surface area (Å²) < 4.78 is 1.17. The predicted molar refractivity (Wildman–Crippen MR) is 388 cm³/mol. The van der Waals surface area contributed by atoms with Crippen LogP contribution < -0.4 is 34.0 Å². The summed E-state index contributed by atoms with van der Waals surface area (Å²) in [4.78, 5) is 1.46. The van der Waals surface area contributed by atoms with Crippen molar-refractivity contribution in [2.24, 2.45) is 29.6 Å². The van der Waals surface area contributed by atoms with Crippen LogP contribution in [0.4, 0.5) is 0 Å². The van der Waals surface area contributed by atoms with Crippen molar-refractivity contribution in [3.63, 3.8) is 0 Å². The zero-order chi connectivity index (χ0) is 58.4. The Labute approximate surface area is 599 Å². The molecule has 0 spiro atoms. The Hall–Kier alpha value is 2.55. The minimum atomic E-state index is 0. The third-order valence-electron chi connectivity index (χ3n) is 15.8. The second-order valence-electron chi connectivity index (χ2n) is 23.4. The third kappa shape index (κ3) is 75.0. The molecule has 0 aliphatic carbocycles. The predicted octanol–water partition coefficient (Wildman–Crippen LogP) is 22.6. The molecule has 0 saturated carbocycles. The van der Waals surface area contributed by atoms with Crippen molar-refractivity contribution in [3.8, 4) is 0 Å². The Morgan fingerprint density at radius 3 is 0.963 bits per heavy atom. The van der Waals surface area contributed by atoms with Crippen LogP contribution >= 0.6 is 65.9 Å². The second-order valence-corrected chi connectivity index (χ2v) is 27.6. The third-order valence-corrected chi connectivity index (χ3v) is 19.9. The van der Waals surface area contributed by atoms with Crippen LogP contribution in [0.1, 0.15) is 342 Å². The van der Waals surface area contributed by atoms with E-state index in [4.69, 9.17) is 0 Å². The number of alkyl halides is 1. The van der Waals surface area contributed by atoms with Gasteiger partial charge in [-0.2, -0.15) is 34.5 Å². The van der Waals surface area contributed by atoms with E-state index in [1.54, 1.807) is 22.5 Å². The van der Waals surface area contributed by atoms with Crippen molar-refractivity contribution in [1.82, 2.24) is 0 Å². The van der Waals surface area contributed by atoms with Gasteiger partial charge in [-0.05, 0) is 111 Å². The van der Waals surface area contributed by atoms with Crippen molar-refractivity contribution >= 4 is 112 Å². The van der Waals surface area contributed by atoms with Gasteiger partial charge in [-0.25, -0.2) is 0 Å². The molecule has 0 N–H and O–H groups in total. The monoisotopic (exact) mass is 1470 g/mol. The average Bonchev–Trinajstić information content (AvgIpc) is 4.27. The smallest absolute Gasteiger partial charge is 1.00 e. The summed E-state index contributed by atoms with van der Waals surface area (Å²) in [7, 11) is 0. The van der Waals surface area contributed by atoms with Crippen LogP contribution in [0.5, 0.6) is 0 Å². The molecule has 0 aromatic carbocycles. The van der Waals surface area contributed by atoms with Gasteiger partial charge >= 0.3 is 46.1 Å². The maximum atomic E-state index is 4.09. The van der Waals surface area contributed by atoms with Crippen LogP contribution in [0, 0.1) is 50.4 Å². The zero-order valence-corrected chi connectivity index (χ0v) is 68.1. The summed E-state index contributed by atoms with van der Waals surface area (Å²) in [5, 5.41) is 12.1. The van der Waals surface area contributed by atoms with E-state index in [1.165, 1.54) is 284 Å². The molecule has 82 heavy (non-hydrogen) atoms. The van der Waals surface area contributed by atoms with E-state index in [0.29, 0.717) is 11.8 Å². The van der Waals surface area contributed by atoms with Gasteiger partial charge < -0.3 is 47.8 Å². The Kier molecular flexibility index (Phi) is 97.6. The normalized spacial score (nSPS) is 12.1. The molecule has 478 valence electrons. The summed E-state index contributed by atoms with van der Waals surface area (Å²) >= 11 is 12.3. The fourth-order valence-electron chi connectivity index (χ4n) is 9.69. The summed E-state index contributed by atoms with van der Waals surface area (Å²) in [6, 6.07) is 6.67. The molecule has 0 amide bonds. The van der Waals surface area contributed by atoms with E-state index < -0.39 is 0 Å². The fraction of sp³-hybridized carbons (Fsp3) is 0.808. The van der Waals surface area contributed by atoms with E-state index in [9.17, 15) is 0 Å². The maximum Gasteiger partial charge on any atom is 2.00 e. The van der Waals surface area contributed by atoms with Gasteiger partial charge in [-0.1, -0.05) is 336 Å². The molecule has 0 saturated heterocycles. The minimum absolute atomic E-state index is 0. The van der Waals surface area contributed by atoms with Gasteiger partial charge in [0.05, 0.1) is 0 Å². The first-order chi connectivity index (χ1) is 38.0. The Bertz CT molecular complexity index is 1440. The molecule has 3 heterocycles. The van der Waals surface area contributed by atoms with Gasteiger partial charge in [0.2, 0.25) is 0 Å². The van der Waals surface area contributed by atoms with Gasteiger partial charge in [-0.3, -0.25) is 0 Å². The van der Waals surface area contributed by atoms with Crippen LogP contribution in [0.2, 0.25) is 0 Å². The van der Waals surface area contributed by atoms with E-state index in [2.05, 4.69) is 150 Å². The van der Waals surface area contributed by atoms with Gasteiger partial charge in [0.15, 0.2) is 0 Å². The van der Waals surface area contributed by atoms with Crippen molar-refractivity contribution in [1.29, 1.82) is 0 Å². The van der Waals surface area contributed by atoms with Gasteiger partial charge in [-0.15, -0.1) is 11.3 Å². The molecule has 5 unspecified atom stereocenters. The van der Waals surface area contributed by atoms with Crippen molar-refractivity contribution in [3.05, 3.63) is 79.4 Å². The number of thiophene rings is 3. The summed E-state index contributed by atoms with van der Waals surface area (Å²) in [5.41, 5.74) is 3.11. The molecule has 0 nitrogen and oxygen atoms in total. The van der Waals surface area contributed by atoms with Crippen LogP contribution in [0.3, 0.4) is 0 Å². The van der Waals surface area contributed by atoms with Crippen molar-refractivity contribution in [2.45, 2.75) is 346 Å². The quantitative estimate of drug-likeness (QED) is 0.0229. The number of rotatable bonds is 45. The standard InChI is InChI=1S/C17H30S.C16H28S.C12H25Br.2C12H25.C4H3BrS.2BrH.2Mg/c1-4-6-7-8-9-10-11-16(5-2)13-17-12-15(3)18-14-17;1-3-5-6-7-8-9-10-15(4-2)13-16-11-12-17-14-16;1-3-5-6-7-8-9-10-12(4-2)11-13;2*1-4-6-7-8-9-10-11-12(3)5-2;5-4-1-2-6-3-4;;;;/h12,14,16H,4-11,13H2,1-3H3;11-12,14-15H,3-10,13H2,1-2H3;12H,3-11H2,1-2H3;2*12H,3-11H2,1-2H3;1-3H;2*1H;;/q;;;2*-1;;;;2*+2/p-2. The Morgan fingerprint density at radius 2 is 0.707 bits per heavy atom. The van der Waals surface area contributed by atoms with Crippen LogP contribution in [0.25, 0.3) is 0 Å². The minimum Gasteiger partial charge on any atom is -1.00 e. The molecule has 3 aromatic rings. The maximum absolute atomic E-state index is 4.09. The Morgan fingerprint density at radius 1 is 0.390 bits per heavy atom. The van der Waals surface area contributed by atoms with E-state index >= 15 is 0 Å². The average molecular weight is 1480 g/mol.